The van der Waals surface area contributed by atoms with Crippen molar-refractivity contribution in [3.63, 3.8) is 0 Å². The number of ether oxygens (including phenoxy) is 3. The Morgan fingerprint density at radius 3 is 2.27 bits per heavy atom. The van der Waals surface area contributed by atoms with Gasteiger partial charge in [0.1, 0.15) is 23.9 Å². The molecule has 0 aliphatic carbocycles. The molecule has 9 nitrogen and oxygen atoms in total. The number of anilines is 1. The van der Waals surface area contributed by atoms with Gasteiger partial charge in [0, 0.05) is 37.9 Å². The lowest BCUT2D eigenvalue weighted by Crippen LogP contribution is -2.46. The summed E-state index contributed by atoms with van der Waals surface area (Å²) in [7, 11) is 2.95. The van der Waals surface area contributed by atoms with E-state index in [0.717, 1.165) is 43.2 Å². The monoisotopic (exact) mass is 548 g/mol. The Balaban J connectivity index is 1.51. The number of esters is 1. The summed E-state index contributed by atoms with van der Waals surface area (Å²) < 4.78 is 22.0. The summed E-state index contributed by atoms with van der Waals surface area (Å²) >= 11 is 0. The zero-order valence-corrected chi connectivity index (χ0v) is 23.2. The van der Waals surface area contributed by atoms with Crippen molar-refractivity contribution >= 4 is 11.7 Å². The summed E-state index contributed by atoms with van der Waals surface area (Å²) in [6.45, 7) is 9.65. The minimum Gasteiger partial charge on any atom is -0.502 e. The van der Waals surface area contributed by atoms with Crippen LogP contribution in [0.5, 0.6) is 17.2 Å². The van der Waals surface area contributed by atoms with Gasteiger partial charge in [-0.1, -0.05) is 18.7 Å². The molecule has 2 aromatic carbocycles. The molecule has 4 rings (SSSR count). The third kappa shape index (κ3) is 7.24. The lowest BCUT2D eigenvalue weighted by Gasteiger charge is -2.36. The maximum atomic E-state index is 12.8. The SMILES string of the molecule is C=C(C)COc1ccc([C@@H](CC(=O)OC)c2oc(CN3CCN(c4ccc(OC)cc4)CC3)cc(=O)c2O)cc1. The molecule has 1 aromatic heterocycles. The van der Waals surface area contributed by atoms with Gasteiger partial charge in [0.25, 0.3) is 0 Å². The first-order valence-electron chi connectivity index (χ1n) is 13.2. The van der Waals surface area contributed by atoms with Crippen molar-refractivity contribution in [2.24, 2.45) is 0 Å². The molecular weight excluding hydrogens is 512 g/mol. The molecule has 0 saturated carbocycles. The average molecular weight is 549 g/mol. The highest BCUT2D eigenvalue weighted by Crippen LogP contribution is 2.34. The molecule has 1 N–H and O–H groups in total. The number of carbonyl (C=O) groups excluding carboxylic acids is 1. The lowest BCUT2D eigenvalue weighted by atomic mass is 9.92. The van der Waals surface area contributed by atoms with Gasteiger partial charge in [-0.15, -0.1) is 0 Å². The lowest BCUT2D eigenvalue weighted by molar-refractivity contribution is -0.140. The fourth-order valence-electron chi connectivity index (χ4n) is 4.66. The summed E-state index contributed by atoms with van der Waals surface area (Å²) in [5.74, 6) is 0.198. The number of rotatable bonds is 11. The van der Waals surface area contributed by atoms with E-state index >= 15 is 0 Å². The average Bonchev–Trinajstić information content (AvgIpc) is 2.97. The highest BCUT2D eigenvalue weighted by molar-refractivity contribution is 5.71. The van der Waals surface area contributed by atoms with E-state index in [2.05, 4.69) is 16.4 Å². The van der Waals surface area contributed by atoms with Crippen LogP contribution in [0.1, 0.15) is 36.3 Å². The van der Waals surface area contributed by atoms with Crippen LogP contribution < -0.4 is 19.8 Å². The molecule has 2 heterocycles. The van der Waals surface area contributed by atoms with E-state index in [4.69, 9.17) is 18.6 Å². The molecule has 1 atom stereocenters. The Hall–Kier alpha value is -4.24. The van der Waals surface area contributed by atoms with Gasteiger partial charge in [-0.3, -0.25) is 14.5 Å². The highest BCUT2D eigenvalue weighted by Gasteiger charge is 2.27. The molecule has 1 fully saturated rings. The van der Waals surface area contributed by atoms with Crippen LogP contribution in [0.25, 0.3) is 0 Å². The van der Waals surface area contributed by atoms with E-state index in [9.17, 15) is 14.7 Å². The van der Waals surface area contributed by atoms with Crippen molar-refractivity contribution in [2.75, 3.05) is 51.9 Å². The van der Waals surface area contributed by atoms with E-state index < -0.39 is 23.1 Å². The molecule has 1 saturated heterocycles. The van der Waals surface area contributed by atoms with Gasteiger partial charge < -0.3 is 28.6 Å². The maximum Gasteiger partial charge on any atom is 0.306 e. The van der Waals surface area contributed by atoms with Crippen molar-refractivity contribution < 1.29 is 28.5 Å². The summed E-state index contributed by atoms with van der Waals surface area (Å²) in [5, 5.41) is 10.7. The Labute approximate surface area is 234 Å². The second-order valence-corrected chi connectivity index (χ2v) is 9.90. The molecule has 0 unspecified atom stereocenters. The highest BCUT2D eigenvalue weighted by atomic mass is 16.5. The summed E-state index contributed by atoms with van der Waals surface area (Å²) in [6, 6.07) is 16.4. The molecule has 3 aromatic rings. The van der Waals surface area contributed by atoms with Crippen molar-refractivity contribution in [1.82, 2.24) is 4.90 Å². The van der Waals surface area contributed by atoms with Crippen molar-refractivity contribution in [2.45, 2.75) is 25.8 Å². The number of hydrogen-bond acceptors (Lipinski definition) is 9. The summed E-state index contributed by atoms with van der Waals surface area (Å²) in [4.78, 5) is 29.6. The number of methoxy groups -OCH3 is 2. The van der Waals surface area contributed by atoms with Crippen molar-refractivity contribution in [3.05, 3.63) is 94.1 Å². The van der Waals surface area contributed by atoms with Crippen molar-refractivity contribution in [1.29, 1.82) is 0 Å². The van der Waals surface area contributed by atoms with E-state index in [1.54, 1.807) is 31.4 Å². The number of aromatic hydroxyl groups is 1. The van der Waals surface area contributed by atoms with Crippen LogP contribution in [0.2, 0.25) is 0 Å². The standard InChI is InChI=1S/C31H36N2O7/c1-21(2)20-39-25-9-5-22(6-10-25)27(18-29(35)38-4)31-30(36)28(34)17-26(40-31)19-32-13-15-33(16-14-32)23-7-11-24(37-3)12-8-23/h5-12,17,27,36H,1,13-16,18-20H2,2-4H3/t27-/m1/s1. The van der Waals surface area contributed by atoms with Crippen LogP contribution in [0.3, 0.4) is 0 Å². The molecule has 0 amide bonds. The van der Waals surface area contributed by atoms with Gasteiger partial charge in [0.05, 0.1) is 33.1 Å². The molecule has 0 radical (unpaired) electrons. The van der Waals surface area contributed by atoms with E-state index in [0.29, 0.717) is 30.2 Å². The largest absolute Gasteiger partial charge is 0.502 e. The first-order valence-corrected chi connectivity index (χ1v) is 13.2. The molecule has 1 aliphatic heterocycles. The van der Waals surface area contributed by atoms with Gasteiger partial charge in [-0.25, -0.2) is 0 Å². The summed E-state index contributed by atoms with van der Waals surface area (Å²) in [6.07, 6.45) is -0.108. The van der Waals surface area contributed by atoms with Gasteiger partial charge in [-0.2, -0.15) is 0 Å². The third-order valence-electron chi connectivity index (χ3n) is 6.87. The third-order valence-corrected chi connectivity index (χ3v) is 6.87. The number of benzene rings is 2. The van der Waals surface area contributed by atoms with Gasteiger partial charge in [0.15, 0.2) is 5.76 Å². The fourth-order valence-corrected chi connectivity index (χ4v) is 4.66. The minimum absolute atomic E-state index is 0.0420. The number of hydrogen-bond donors (Lipinski definition) is 1. The quantitative estimate of drug-likeness (QED) is 0.277. The van der Waals surface area contributed by atoms with E-state index in [-0.39, 0.29) is 12.2 Å². The zero-order valence-electron chi connectivity index (χ0n) is 23.2. The first-order chi connectivity index (χ1) is 19.3. The topological polar surface area (TPSA) is 102 Å². The van der Waals surface area contributed by atoms with Crippen LogP contribution in [0.4, 0.5) is 5.69 Å². The fraction of sp³-hybridized carbons (Fsp3) is 0.355. The second-order valence-electron chi connectivity index (χ2n) is 9.90. The molecule has 40 heavy (non-hydrogen) atoms. The predicted octanol–water partition coefficient (Wildman–Crippen LogP) is 4.33. The van der Waals surface area contributed by atoms with Gasteiger partial charge in [-0.05, 0) is 54.5 Å². The van der Waals surface area contributed by atoms with Crippen LogP contribution in [-0.2, 0) is 16.1 Å². The summed E-state index contributed by atoms with van der Waals surface area (Å²) in [5.41, 5.74) is 2.14. The van der Waals surface area contributed by atoms with Gasteiger partial charge >= 0.3 is 5.97 Å². The normalized spacial score (nSPS) is 14.4. The smallest absolute Gasteiger partial charge is 0.306 e. The Morgan fingerprint density at radius 1 is 1.02 bits per heavy atom. The van der Waals surface area contributed by atoms with Crippen LogP contribution in [-0.4, -0.2) is 63.0 Å². The van der Waals surface area contributed by atoms with E-state index in [1.165, 1.54) is 13.2 Å². The van der Waals surface area contributed by atoms with Crippen molar-refractivity contribution in [3.8, 4) is 17.2 Å². The molecule has 212 valence electrons. The second kappa shape index (κ2) is 13.2. The predicted molar refractivity (Wildman–Crippen MR) is 152 cm³/mol. The molecular formula is C31H36N2O7. The minimum atomic E-state index is -0.720. The van der Waals surface area contributed by atoms with Crippen LogP contribution >= 0.6 is 0 Å². The molecule has 0 spiro atoms. The number of nitrogens with zero attached hydrogens (tertiary/aromatic N) is 2. The van der Waals surface area contributed by atoms with Crippen LogP contribution in [0, 0.1) is 0 Å². The number of piperazine rings is 1. The van der Waals surface area contributed by atoms with Crippen LogP contribution in [0.15, 0.2) is 76.0 Å². The Bertz CT molecular complexity index is 1360. The van der Waals surface area contributed by atoms with Gasteiger partial charge in [0.2, 0.25) is 11.2 Å². The van der Waals surface area contributed by atoms with E-state index in [1.807, 2.05) is 31.2 Å². The Morgan fingerprint density at radius 2 is 1.68 bits per heavy atom. The number of carbonyl (C=O) groups is 1. The molecule has 1 aliphatic rings. The maximum absolute atomic E-state index is 12.8. The Kier molecular flexibility index (Phi) is 9.50. The molecule has 0 bridgehead atoms. The first kappa shape index (κ1) is 28.8. The zero-order chi connectivity index (χ0) is 28.6. The molecule has 9 heteroatoms.